The number of likely N-dealkylation sites (N-methyl/N-ethyl adjacent to an activating group) is 1. The van der Waals surface area contributed by atoms with Crippen molar-refractivity contribution in [1.29, 1.82) is 0 Å². The quantitative estimate of drug-likeness (QED) is 0.650. The van der Waals surface area contributed by atoms with Gasteiger partial charge < -0.3 is 14.8 Å². The van der Waals surface area contributed by atoms with Crippen molar-refractivity contribution < 1.29 is 9.59 Å². The van der Waals surface area contributed by atoms with Crippen LogP contribution in [0.2, 0.25) is 0 Å². The van der Waals surface area contributed by atoms with Crippen molar-refractivity contribution in [3.63, 3.8) is 0 Å². The molecule has 0 bridgehead atoms. The molecule has 1 aliphatic rings. The summed E-state index contributed by atoms with van der Waals surface area (Å²) in [4.78, 5) is 34.4. The lowest BCUT2D eigenvalue weighted by molar-refractivity contribution is -0.128. The van der Waals surface area contributed by atoms with Crippen LogP contribution >= 0.6 is 0 Å². The molecule has 7 heteroatoms. The van der Waals surface area contributed by atoms with E-state index in [2.05, 4.69) is 27.3 Å². The number of carbonyl (C=O) groups is 2. The average molecular weight is 432 g/mol. The maximum atomic E-state index is 13.5. The molecule has 3 aromatic rings. The number of benzene rings is 2. The lowest BCUT2D eigenvalue weighted by Crippen LogP contribution is -2.59. The summed E-state index contributed by atoms with van der Waals surface area (Å²) >= 11 is 0. The molecule has 1 aromatic heterocycles. The SMILES string of the molecule is CNC(=O)[C@@H]1CN(C(=O)c2ccccc2Cn2ccnc2C)CCN1Cc1ccccc1. The van der Waals surface area contributed by atoms with Crippen molar-refractivity contribution in [2.24, 2.45) is 0 Å². The third kappa shape index (κ3) is 4.73. The number of piperazine rings is 1. The van der Waals surface area contributed by atoms with E-state index in [0.29, 0.717) is 38.3 Å². The Morgan fingerprint density at radius 2 is 1.78 bits per heavy atom. The first-order chi connectivity index (χ1) is 15.6. The summed E-state index contributed by atoms with van der Waals surface area (Å²) in [6.45, 7) is 4.80. The number of hydrogen-bond donors (Lipinski definition) is 1. The third-order valence-electron chi connectivity index (χ3n) is 6.07. The molecule has 1 saturated heterocycles. The molecule has 1 fully saturated rings. The molecular weight excluding hydrogens is 402 g/mol. The zero-order valence-electron chi connectivity index (χ0n) is 18.6. The van der Waals surface area contributed by atoms with Gasteiger partial charge in [-0.3, -0.25) is 14.5 Å². The van der Waals surface area contributed by atoms with Crippen LogP contribution in [0.3, 0.4) is 0 Å². The zero-order chi connectivity index (χ0) is 22.5. The first-order valence-corrected chi connectivity index (χ1v) is 10.9. The number of nitrogens with one attached hydrogen (secondary N) is 1. The highest BCUT2D eigenvalue weighted by Crippen LogP contribution is 2.19. The fourth-order valence-corrected chi connectivity index (χ4v) is 4.22. The molecule has 2 amide bonds. The Labute approximate surface area is 188 Å². The minimum Gasteiger partial charge on any atom is -0.358 e. The second-order valence-electron chi connectivity index (χ2n) is 8.10. The van der Waals surface area contributed by atoms with E-state index in [0.717, 1.165) is 17.0 Å². The van der Waals surface area contributed by atoms with Gasteiger partial charge in [-0.25, -0.2) is 4.98 Å². The molecule has 1 atom stereocenters. The Morgan fingerprint density at radius 3 is 2.50 bits per heavy atom. The summed E-state index contributed by atoms with van der Waals surface area (Å²) in [6, 6.07) is 17.4. The molecule has 1 aliphatic heterocycles. The molecule has 2 heterocycles. The summed E-state index contributed by atoms with van der Waals surface area (Å²) in [5, 5.41) is 2.77. The first kappa shape index (κ1) is 21.8. The maximum Gasteiger partial charge on any atom is 0.254 e. The van der Waals surface area contributed by atoms with Crippen LogP contribution in [-0.2, 0) is 17.9 Å². The molecule has 32 heavy (non-hydrogen) atoms. The number of nitrogens with zero attached hydrogens (tertiary/aromatic N) is 4. The Hall–Kier alpha value is -3.45. The van der Waals surface area contributed by atoms with Gasteiger partial charge in [-0.15, -0.1) is 0 Å². The van der Waals surface area contributed by atoms with Gasteiger partial charge in [0.2, 0.25) is 5.91 Å². The van der Waals surface area contributed by atoms with Crippen LogP contribution < -0.4 is 5.32 Å². The van der Waals surface area contributed by atoms with Crippen LogP contribution in [-0.4, -0.2) is 63.9 Å². The number of aryl methyl sites for hydroxylation is 1. The van der Waals surface area contributed by atoms with Crippen molar-refractivity contribution in [1.82, 2.24) is 24.7 Å². The summed E-state index contributed by atoms with van der Waals surface area (Å²) in [6.07, 6.45) is 3.68. The highest BCUT2D eigenvalue weighted by Gasteiger charge is 2.34. The second-order valence-corrected chi connectivity index (χ2v) is 8.10. The molecule has 166 valence electrons. The normalized spacial score (nSPS) is 16.7. The summed E-state index contributed by atoms with van der Waals surface area (Å²) < 4.78 is 2.03. The molecule has 4 rings (SSSR count). The van der Waals surface area contributed by atoms with E-state index in [9.17, 15) is 9.59 Å². The van der Waals surface area contributed by atoms with E-state index in [1.807, 2.05) is 60.2 Å². The van der Waals surface area contributed by atoms with Gasteiger partial charge >= 0.3 is 0 Å². The summed E-state index contributed by atoms with van der Waals surface area (Å²) in [7, 11) is 1.65. The molecule has 0 radical (unpaired) electrons. The van der Waals surface area contributed by atoms with Crippen molar-refractivity contribution in [2.45, 2.75) is 26.1 Å². The highest BCUT2D eigenvalue weighted by molar-refractivity contribution is 5.96. The van der Waals surface area contributed by atoms with E-state index in [4.69, 9.17) is 0 Å². The Bertz CT molecular complexity index is 1080. The van der Waals surface area contributed by atoms with Gasteiger partial charge in [-0.2, -0.15) is 0 Å². The van der Waals surface area contributed by atoms with Crippen LogP contribution in [0.5, 0.6) is 0 Å². The monoisotopic (exact) mass is 431 g/mol. The predicted molar refractivity (Wildman–Crippen MR) is 123 cm³/mol. The Balaban J connectivity index is 1.53. The number of hydrogen-bond acceptors (Lipinski definition) is 4. The molecule has 7 nitrogen and oxygen atoms in total. The van der Waals surface area contributed by atoms with E-state index in [1.165, 1.54) is 0 Å². The third-order valence-corrected chi connectivity index (χ3v) is 6.07. The van der Waals surface area contributed by atoms with Gasteiger partial charge in [0.1, 0.15) is 11.9 Å². The molecule has 0 saturated carbocycles. The van der Waals surface area contributed by atoms with Gasteiger partial charge in [-0.05, 0) is 24.1 Å². The van der Waals surface area contributed by atoms with Crippen LogP contribution in [0.1, 0.15) is 27.3 Å². The van der Waals surface area contributed by atoms with E-state index >= 15 is 0 Å². The van der Waals surface area contributed by atoms with E-state index in [-0.39, 0.29) is 17.9 Å². The standard InChI is InChI=1S/C25H29N5O2/c1-19-27-12-13-28(19)17-21-10-6-7-11-22(21)25(32)30-15-14-29(23(18-30)24(31)26-2)16-20-8-4-3-5-9-20/h3-13,23H,14-18H2,1-2H3,(H,26,31)/t23-/m0/s1. The maximum absolute atomic E-state index is 13.5. The fraction of sp³-hybridized carbons (Fsp3) is 0.320. The minimum absolute atomic E-state index is 0.0355. The van der Waals surface area contributed by atoms with Crippen LogP contribution in [0.4, 0.5) is 0 Å². The lowest BCUT2D eigenvalue weighted by atomic mass is 10.0. The number of carbonyl (C=O) groups excluding carboxylic acids is 2. The molecule has 0 unspecified atom stereocenters. The van der Waals surface area contributed by atoms with Crippen LogP contribution in [0.15, 0.2) is 67.0 Å². The summed E-state index contributed by atoms with van der Waals surface area (Å²) in [5.41, 5.74) is 2.77. The highest BCUT2D eigenvalue weighted by atomic mass is 16.2. The number of imidazole rings is 1. The number of aromatic nitrogens is 2. The molecule has 0 spiro atoms. The zero-order valence-corrected chi connectivity index (χ0v) is 18.6. The van der Waals surface area contributed by atoms with Gasteiger partial charge in [0.05, 0.1) is 0 Å². The average Bonchev–Trinajstić information content (AvgIpc) is 3.23. The molecule has 0 aliphatic carbocycles. The van der Waals surface area contributed by atoms with Gasteiger partial charge in [-0.1, -0.05) is 48.5 Å². The topological polar surface area (TPSA) is 70.5 Å². The minimum atomic E-state index is -0.388. The van der Waals surface area contributed by atoms with Crippen molar-refractivity contribution >= 4 is 11.8 Å². The second kappa shape index (κ2) is 9.78. The molecule has 1 N–H and O–H groups in total. The molecular formula is C25H29N5O2. The largest absolute Gasteiger partial charge is 0.358 e. The van der Waals surface area contributed by atoms with Crippen molar-refractivity contribution in [3.8, 4) is 0 Å². The Kier molecular flexibility index (Phi) is 6.66. The number of rotatable bonds is 6. The van der Waals surface area contributed by atoms with Crippen LogP contribution in [0.25, 0.3) is 0 Å². The summed E-state index contributed by atoms with van der Waals surface area (Å²) in [5.74, 6) is 0.800. The van der Waals surface area contributed by atoms with Gasteiger partial charge in [0.25, 0.3) is 5.91 Å². The van der Waals surface area contributed by atoms with E-state index < -0.39 is 0 Å². The lowest BCUT2D eigenvalue weighted by Gasteiger charge is -2.40. The smallest absolute Gasteiger partial charge is 0.254 e. The Morgan fingerprint density at radius 1 is 1.03 bits per heavy atom. The van der Waals surface area contributed by atoms with Crippen molar-refractivity contribution in [3.05, 3.63) is 89.5 Å². The fourth-order valence-electron chi connectivity index (χ4n) is 4.22. The predicted octanol–water partition coefficient (Wildman–Crippen LogP) is 2.31. The molecule has 2 aromatic carbocycles. The van der Waals surface area contributed by atoms with Crippen molar-refractivity contribution in [2.75, 3.05) is 26.7 Å². The van der Waals surface area contributed by atoms with E-state index in [1.54, 1.807) is 18.1 Å². The number of amides is 2. The van der Waals surface area contributed by atoms with Gasteiger partial charge in [0, 0.05) is 57.7 Å². The van der Waals surface area contributed by atoms with Gasteiger partial charge in [0.15, 0.2) is 0 Å². The van der Waals surface area contributed by atoms with Crippen LogP contribution in [0, 0.1) is 6.92 Å². The first-order valence-electron chi connectivity index (χ1n) is 10.9.